The van der Waals surface area contributed by atoms with E-state index in [0.717, 1.165) is 11.8 Å². The summed E-state index contributed by atoms with van der Waals surface area (Å²) in [5.41, 5.74) is 0.481. The predicted molar refractivity (Wildman–Crippen MR) is 80.3 cm³/mol. The molecule has 0 saturated heterocycles. The number of amides is 1. The fourth-order valence-corrected chi connectivity index (χ4v) is 2.63. The molecule has 130 valence electrons. The molecule has 0 radical (unpaired) electrons. The van der Waals surface area contributed by atoms with Gasteiger partial charge in [0.25, 0.3) is 5.82 Å². The van der Waals surface area contributed by atoms with Gasteiger partial charge in [0.05, 0.1) is 5.75 Å². The highest BCUT2D eigenvalue weighted by molar-refractivity contribution is 7.99. The molecule has 2 aromatic rings. The number of nitrogens with zero attached hydrogens (tertiary/aromatic N) is 4. The Bertz CT molecular complexity index is 716. The number of aromatic nitrogens is 3. The first-order chi connectivity index (χ1) is 11.2. The maximum absolute atomic E-state index is 12.9. The molecule has 1 aromatic carbocycles. The van der Waals surface area contributed by atoms with Crippen LogP contribution in [-0.4, -0.2) is 33.1 Å². The number of nitrogen functional groups attached to an aromatic ring is 1. The number of anilines is 1. The van der Waals surface area contributed by atoms with E-state index in [9.17, 15) is 22.4 Å². The zero-order chi connectivity index (χ0) is 17.9. The molecule has 0 aliphatic carbocycles. The van der Waals surface area contributed by atoms with Crippen molar-refractivity contribution >= 4 is 23.4 Å². The second-order valence-electron chi connectivity index (χ2n) is 4.58. The third-order valence-corrected chi connectivity index (χ3v) is 3.93. The molecule has 0 saturated carbocycles. The molecule has 1 heterocycles. The second-order valence-corrected chi connectivity index (χ2v) is 5.52. The third kappa shape index (κ3) is 3.96. The van der Waals surface area contributed by atoms with Crippen LogP contribution >= 0.6 is 11.8 Å². The predicted octanol–water partition coefficient (Wildman–Crippen LogP) is 2.29. The molecule has 1 aromatic heterocycles. The number of nitrogens with two attached hydrogens (primary N) is 1. The lowest BCUT2D eigenvalue weighted by atomic mass is 10.3. The lowest BCUT2D eigenvalue weighted by Crippen LogP contribution is -2.32. The van der Waals surface area contributed by atoms with Gasteiger partial charge in [0.15, 0.2) is 0 Å². The summed E-state index contributed by atoms with van der Waals surface area (Å²) in [4.78, 5) is 13.6. The zero-order valence-corrected chi connectivity index (χ0v) is 13.2. The molecule has 1 amide bonds. The Morgan fingerprint density at radius 2 is 1.92 bits per heavy atom. The summed E-state index contributed by atoms with van der Waals surface area (Å²) in [6.45, 7) is 2.03. The van der Waals surface area contributed by atoms with Crippen LogP contribution in [0.4, 0.5) is 23.2 Å². The summed E-state index contributed by atoms with van der Waals surface area (Å²) < 4.78 is 51.0. The molecule has 0 unspecified atom stereocenters. The Hall–Kier alpha value is -2.30. The summed E-state index contributed by atoms with van der Waals surface area (Å²) in [5, 5.41) is 6.08. The summed E-state index contributed by atoms with van der Waals surface area (Å²) in [6, 6.07) is 5.30. The average molecular weight is 363 g/mol. The fourth-order valence-electron chi connectivity index (χ4n) is 1.90. The highest BCUT2D eigenvalue weighted by Gasteiger charge is 2.38. The number of halogens is 4. The molecule has 2 N–H and O–H groups in total. The first kappa shape index (κ1) is 18.0. The molecule has 0 aliphatic rings. The SMILES string of the molecule is CCN(C(=O)CSc1nnc(C(F)(F)F)n1N)c1ccc(F)cc1. The minimum Gasteiger partial charge on any atom is -0.335 e. The molecule has 0 fully saturated rings. The lowest BCUT2D eigenvalue weighted by Gasteiger charge is -2.20. The number of hydrogen-bond donors (Lipinski definition) is 1. The van der Waals surface area contributed by atoms with E-state index in [4.69, 9.17) is 5.84 Å². The molecular weight excluding hydrogens is 350 g/mol. The van der Waals surface area contributed by atoms with Gasteiger partial charge in [-0.3, -0.25) is 4.79 Å². The number of benzene rings is 1. The Morgan fingerprint density at radius 1 is 1.29 bits per heavy atom. The molecule has 11 heteroatoms. The molecule has 2 rings (SSSR count). The van der Waals surface area contributed by atoms with E-state index < -0.39 is 17.8 Å². The Morgan fingerprint density at radius 3 is 2.42 bits per heavy atom. The number of rotatable bonds is 5. The van der Waals surface area contributed by atoms with Crippen molar-refractivity contribution in [2.24, 2.45) is 0 Å². The Labute approximate surface area is 138 Å². The van der Waals surface area contributed by atoms with Crippen LogP contribution in [0.2, 0.25) is 0 Å². The average Bonchev–Trinajstić information content (AvgIpc) is 2.89. The van der Waals surface area contributed by atoms with Crippen LogP contribution in [0.1, 0.15) is 12.7 Å². The number of carbonyl (C=O) groups excluding carboxylic acids is 1. The standard InChI is InChI=1S/C13H13F4N5OS/c1-2-21(9-5-3-8(14)4-6-9)10(23)7-24-12-20-19-11(22(12)18)13(15,16)17/h3-6H,2,7,18H2,1H3. The van der Waals surface area contributed by atoms with Gasteiger partial charge in [0.2, 0.25) is 11.1 Å². The van der Waals surface area contributed by atoms with Crippen LogP contribution < -0.4 is 10.7 Å². The summed E-state index contributed by atoms with van der Waals surface area (Å²) >= 11 is 0.733. The van der Waals surface area contributed by atoms with E-state index in [1.807, 2.05) is 0 Å². The molecular formula is C13H13F4N5OS. The number of hydrogen-bond acceptors (Lipinski definition) is 5. The maximum atomic E-state index is 12.9. The van der Waals surface area contributed by atoms with E-state index in [2.05, 4.69) is 10.2 Å². The van der Waals surface area contributed by atoms with Gasteiger partial charge in [-0.15, -0.1) is 10.2 Å². The van der Waals surface area contributed by atoms with E-state index in [1.165, 1.54) is 29.2 Å². The van der Waals surface area contributed by atoms with Gasteiger partial charge >= 0.3 is 6.18 Å². The Kier molecular flexibility index (Phi) is 5.32. The molecule has 0 atom stereocenters. The van der Waals surface area contributed by atoms with Crippen molar-refractivity contribution in [1.29, 1.82) is 0 Å². The van der Waals surface area contributed by atoms with Gasteiger partial charge < -0.3 is 10.7 Å². The van der Waals surface area contributed by atoms with Gasteiger partial charge in [0.1, 0.15) is 5.82 Å². The molecule has 0 bridgehead atoms. The highest BCUT2D eigenvalue weighted by atomic mass is 32.2. The molecule has 0 aliphatic heterocycles. The molecule has 24 heavy (non-hydrogen) atoms. The fraction of sp³-hybridized carbons (Fsp3) is 0.308. The quantitative estimate of drug-likeness (QED) is 0.501. The van der Waals surface area contributed by atoms with Gasteiger partial charge in [-0.2, -0.15) is 13.2 Å². The number of carbonyl (C=O) groups is 1. The van der Waals surface area contributed by atoms with Crippen LogP contribution in [0, 0.1) is 5.82 Å². The monoisotopic (exact) mass is 363 g/mol. The van der Waals surface area contributed by atoms with Crippen molar-refractivity contribution in [2.75, 3.05) is 23.0 Å². The number of thioether (sulfide) groups is 1. The van der Waals surface area contributed by atoms with Crippen molar-refractivity contribution in [2.45, 2.75) is 18.3 Å². The van der Waals surface area contributed by atoms with Crippen molar-refractivity contribution in [1.82, 2.24) is 14.9 Å². The van der Waals surface area contributed by atoms with Crippen molar-refractivity contribution in [3.05, 3.63) is 35.9 Å². The minimum absolute atomic E-state index is 0.196. The van der Waals surface area contributed by atoms with Crippen LogP contribution in [0.25, 0.3) is 0 Å². The van der Waals surface area contributed by atoms with E-state index in [-0.39, 0.29) is 16.8 Å². The molecule has 6 nitrogen and oxygen atoms in total. The summed E-state index contributed by atoms with van der Waals surface area (Å²) in [7, 11) is 0. The van der Waals surface area contributed by atoms with Gasteiger partial charge in [0, 0.05) is 12.2 Å². The summed E-state index contributed by atoms with van der Waals surface area (Å²) in [6.07, 6.45) is -4.73. The minimum atomic E-state index is -4.73. The van der Waals surface area contributed by atoms with Gasteiger partial charge in [-0.1, -0.05) is 11.8 Å². The normalized spacial score (nSPS) is 11.5. The number of alkyl halides is 3. The largest absolute Gasteiger partial charge is 0.453 e. The van der Waals surface area contributed by atoms with Crippen LogP contribution in [0.15, 0.2) is 29.4 Å². The van der Waals surface area contributed by atoms with Crippen molar-refractivity contribution in [3.63, 3.8) is 0 Å². The Balaban J connectivity index is 2.07. The zero-order valence-electron chi connectivity index (χ0n) is 12.4. The van der Waals surface area contributed by atoms with Gasteiger partial charge in [-0.25, -0.2) is 9.07 Å². The van der Waals surface area contributed by atoms with Crippen LogP contribution in [-0.2, 0) is 11.0 Å². The lowest BCUT2D eigenvalue weighted by molar-refractivity contribution is -0.146. The van der Waals surface area contributed by atoms with Crippen molar-refractivity contribution < 1.29 is 22.4 Å². The highest BCUT2D eigenvalue weighted by Crippen LogP contribution is 2.29. The van der Waals surface area contributed by atoms with Crippen LogP contribution in [0.5, 0.6) is 0 Å². The third-order valence-electron chi connectivity index (χ3n) is 3.00. The maximum Gasteiger partial charge on any atom is 0.453 e. The second kappa shape index (κ2) is 7.07. The van der Waals surface area contributed by atoms with Crippen molar-refractivity contribution in [3.8, 4) is 0 Å². The first-order valence-corrected chi connectivity index (χ1v) is 7.69. The van der Waals surface area contributed by atoms with E-state index >= 15 is 0 Å². The van der Waals surface area contributed by atoms with E-state index in [1.54, 1.807) is 6.92 Å². The summed E-state index contributed by atoms with van der Waals surface area (Å²) in [5.74, 6) is 2.94. The topological polar surface area (TPSA) is 77.0 Å². The van der Waals surface area contributed by atoms with Crippen LogP contribution in [0.3, 0.4) is 0 Å². The van der Waals surface area contributed by atoms with E-state index in [0.29, 0.717) is 16.9 Å². The smallest absolute Gasteiger partial charge is 0.335 e. The van der Waals surface area contributed by atoms with Gasteiger partial charge in [-0.05, 0) is 31.2 Å². The molecule has 0 spiro atoms. The first-order valence-electron chi connectivity index (χ1n) is 6.70.